The summed E-state index contributed by atoms with van der Waals surface area (Å²) in [5, 5.41) is 2.40. The van der Waals surface area contributed by atoms with Crippen molar-refractivity contribution in [3.63, 3.8) is 0 Å². The molecule has 0 unspecified atom stereocenters. The standard InChI is InChI=1S/C8H6S5/c1-2-4-8-7(3-1)5-6-13(8)11-9-10-12-13/h1-6H. The second-order valence-corrected chi connectivity index (χ2v) is 15.3. The van der Waals surface area contributed by atoms with Crippen LogP contribution < -0.4 is 0 Å². The predicted octanol–water partition coefficient (Wildman–Crippen LogP) is 5.36. The molecule has 0 radical (unpaired) electrons. The first kappa shape index (κ1) is 8.97. The molecule has 0 aliphatic carbocycles. The molecule has 3 rings (SSSR count). The van der Waals surface area contributed by atoms with Crippen LogP contribution >= 0.6 is 47.4 Å². The highest BCUT2D eigenvalue weighted by Crippen LogP contribution is 2.92. The molecular formula is C8H6S5. The fourth-order valence-corrected chi connectivity index (χ4v) is 25.4. The molecule has 1 aromatic carbocycles. The smallest absolute Gasteiger partial charge is 0.0207 e. The maximum absolute atomic E-state index is 2.40. The van der Waals surface area contributed by atoms with Gasteiger partial charge in [-0.3, -0.25) is 0 Å². The first-order chi connectivity index (χ1) is 6.41. The van der Waals surface area contributed by atoms with Crippen LogP contribution in [-0.4, -0.2) is 0 Å². The topological polar surface area (TPSA) is 0 Å². The van der Waals surface area contributed by atoms with Gasteiger partial charge in [-0.2, -0.15) is 0 Å². The van der Waals surface area contributed by atoms with E-state index in [0.717, 1.165) is 0 Å². The SMILES string of the molecule is C1=CS2(SSSS2)c2ccccc21. The van der Waals surface area contributed by atoms with Crippen LogP contribution in [0.5, 0.6) is 0 Å². The Morgan fingerprint density at radius 1 is 1.00 bits per heavy atom. The van der Waals surface area contributed by atoms with Gasteiger partial charge in [-0.15, -0.1) is 0 Å². The average Bonchev–Trinajstić information content (AvgIpc) is 2.78. The highest BCUT2D eigenvalue weighted by molar-refractivity contribution is 9.67. The molecule has 5 heteroatoms. The summed E-state index contributed by atoms with van der Waals surface area (Å²) in [6.45, 7) is 0. The molecule has 0 amide bonds. The van der Waals surface area contributed by atoms with Gasteiger partial charge in [0.25, 0.3) is 0 Å². The van der Waals surface area contributed by atoms with Gasteiger partial charge < -0.3 is 0 Å². The minimum Gasteiger partial charge on any atom is -0.0731 e. The third-order valence-electron chi connectivity index (χ3n) is 1.94. The van der Waals surface area contributed by atoms with Crippen LogP contribution in [0.1, 0.15) is 5.56 Å². The van der Waals surface area contributed by atoms with Gasteiger partial charge in [-0.1, -0.05) is 26.3 Å². The van der Waals surface area contributed by atoms with E-state index in [1.54, 1.807) is 4.90 Å². The summed E-state index contributed by atoms with van der Waals surface area (Å²) in [4.78, 5) is 1.54. The third kappa shape index (κ3) is 1.36. The lowest BCUT2D eigenvalue weighted by Crippen LogP contribution is -1.79. The molecule has 1 spiro atoms. The minimum atomic E-state index is -0.707. The maximum Gasteiger partial charge on any atom is 0.0207 e. The summed E-state index contributed by atoms with van der Waals surface area (Å²) in [5.41, 5.74) is 1.42. The van der Waals surface area contributed by atoms with E-state index < -0.39 is 8.09 Å². The van der Waals surface area contributed by atoms with Gasteiger partial charge in [0.2, 0.25) is 0 Å². The molecule has 1 fully saturated rings. The normalized spacial score (nSPS) is 24.9. The quantitative estimate of drug-likeness (QED) is 0.577. The molecule has 2 aliphatic heterocycles. The molecule has 0 atom stereocenters. The van der Waals surface area contributed by atoms with E-state index in [1.807, 2.05) is 39.3 Å². The van der Waals surface area contributed by atoms with Crippen LogP contribution in [0.2, 0.25) is 0 Å². The number of fused-ring (bicyclic) bond motifs is 2. The Balaban J connectivity index is 2.16. The van der Waals surface area contributed by atoms with Crippen molar-refractivity contribution in [3.8, 4) is 0 Å². The summed E-state index contributed by atoms with van der Waals surface area (Å²) in [5.74, 6) is 0. The van der Waals surface area contributed by atoms with Gasteiger partial charge in [0, 0.05) is 4.90 Å². The van der Waals surface area contributed by atoms with Gasteiger partial charge in [0.05, 0.1) is 0 Å². The maximum atomic E-state index is 2.40. The Morgan fingerprint density at radius 3 is 2.62 bits per heavy atom. The fraction of sp³-hybridized carbons (Fsp3) is 0. The van der Waals surface area contributed by atoms with E-state index in [9.17, 15) is 0 Å². The van der Waals surface area contributed by atoms with Crippen LogP contribution in [0, 0.1) is 0 Å². The van der Waals surface area contributed by atoms with Crippen molar-refractivity contribution in [2.24, 2.45) is 0 Å². The van der Waals surface area contributed by atoms with Crippen molar-refractivity contribution in [2.75, 3.05) is 0 Å². The first-order valence-electron chi connectivity index (χ1n) is 3.72. The first-order valence-corrected chi connectivity index (χ1v) is 11.3. The Hall–Kier alpha value is 0.710. The van der Waals surface area contributed by atoms with Crippen LogP contribution in [0.4, 0.5) is 0 Å². The molecule has 0 N–H and O–H groups in total. The van der Waals surface area contributed by atoms with E-state index >= 15 is 0 Å². The fourth-order valence-electron chi connectivity index (χ4n) is 1.35. The van der Waals surface area contributed by atoms with Gasteiger partial charge in [0.15, 0.2) is 0 Å². The number of hydrogen-bond donors (Lipinski definition) is 0. The zero-order valence-corrected chi connectivity index (χ0v) is 10.6. The van der Waals surface area contributed by atoms with E-state index in [-0.39, 0.29) is 0 Å². The highest BCUT2D eigenvalue weighted by Gasteiger charge is 2.36. The van der Waals surface area contributed by atoms with Gasteiger partial charge in [-0.25, -0.2) is 0 Å². The lowest BCUT2D eigenvalue weighted by atomic mass is 10.2. The van der Waals surface area contributed by atoms with Gasteiger partial charge >= 0.3 is 0 Å². The molecule has 0 nitrogen and oxygen atoms in total. The van der Waals surface area contributed by atoms with Crippen molar-refractivity contribution in [1.29, 1.82) is 0 Å². The zero-order valence-electron chi connectivity index (χ0n) is 6.51. The van der Waals surface area contributed by atoms with E-state index in [2.05, 4.69) is 35.7 Å². The van der Waals surface area contributed by atoms with E-state index in [0.29, 0.717) is 0 Å². The molecule has 0 bridgehead atoms. The summed E-state index contributed by atoms with van der Waals surface area (Å²) < 4.78 is 0. The Labute approximate surface area is 93.0 Å². The van der Waals surface area contributed by atoms with Crippen molar-refractivity contribution < 1.29 is 0 Å². The van der Waals surface area contributed by atoms with Crippen LogP contribution in [-0.2, 0) is 0 Å². The molecule has 0 saturated carbocycles. The van der Waals surface area contributed by atoms with E-state index in [1.165, 1.54) is 5.56 Å². The lowest BCUT2D eigenvalue weighted by molar-refractivity contribution is 1.44. The van der Waals surface area contributed by atoms with Gasteiger partial charge in [-0.05, 0) is 62.4 Å². The van der Waals surface area contributed by atoms with Crippen molar-refractivity contribution in [1.82, 2.24) is 0 Å². The second kappa shape index (κ2) is 3.38. The summed E-state index contributed by atoms with van der Waals surface area (Å²) in [6, 6.07) is 8.75. The highest BCUT2D eigenvalue weighted by atomic mass is 34.1. The van der Waals surface area contributed by atoms with Crippen molar-refractivity contribution >= 4 is 53.5 Å². The zero-order chi connectivity index (χ0) is 8.73. The predicted molar refractivity (Wildman–Crippen MR) is 71.7 cm³/mol. The monoisotopic (exact) mass is 262 g/mol. The molecule has 0 aromatic heterocycles. The van der Waals surface area contributed by atoms with Crippen LogP contribution in [0.25, 0.3) is 6.08 Å². The number of benzene rings is 1. The van der Waals surface area contributed by atoms with Crippen LogP contribution in [0.3, 0.4) is 0 Å². The average molecular weight is 262 g/mol. The molecule has 68 valence electrons. The van der Waals surface area contributed by atoms with Crippen molar-refractivity contribution in [3.05, 3.63) is 35.2 Å². The second-order valence-electron chi connectivity index (χ2n) is 2.66. The molecule has 1 aromatic rings. The summed E-state index contributed by atoms with van der Waals surface area (Å²) in [6.07, 6.45) is 2.27. The number of rotatable bonds is 0. The summed E-state index contributed by atoms with van der Waals surface area (Å²) in [7, 11) is 7.19. The Bertz CT molecular complexity index is 367. The van der Waals surface area contributed by atoms with Crippen molar-refractivity contribution in [2.45, 2.75) is 4.90 Å². The van der Waals surface area contributed by atoms with E-state index in [4.69, 9.17) is 0 Å². The van der Waals surface area contributed by atoms with Gasteiger partial charge in [0.1, 0.15) is 0 Å². The lowest BCUT2D eigenvalue weighted by Gasteiger charge is -2.23. The number of hydrogen-bond acceptors (Lipinski definition) is 4. The minimum absolute atomic E-state index is 0.707. The summed E-state index contributed by atoms with van der Waals surface area (Å²) >= 11 is 0. The largest absolute Gasteiger partial charge is 0.0731 e. The van der Waals surface area contributed by atoms with Crippen LogP contribution in [0.15, 0.2) is 34.6 Å². The molecule has 2 aliphatic rings. The molecule has 1 saturated heterocycles. The molecular weight excluding hydrogens is 256 g/mol. The molecule has 13 heavy (non-hydrogen) atoms. The third-order valence-corrected chi connectivity index (χ3v) is 20.1. The Kier molecular flexibility index (Phi) is 2.33. The molecule has 2 heterocycles. The Morgan fingerprint density at radius 2 is 1.77 bits per heavy atom.